The van der Waals surface area contributed by atoms with Crippen LogP contribution in [0.15, 0.2) is 52.4 Å². The molecule has 5 nitrogen and oxygen atoms in total. The summed E-state index contributed by atoms with van der Waals surface area (Å²) < 4.78 is 5.38. The summed E-state index contributed by atoms with van der Waals surface area (Å²) in [5, 5.41) is 11.0. The van der Waals surface area contributed by atoms with E-state index in [-0.39, 0.29) is 5.91 Å². The lowest BCUT2D eigenvalue weighted by Gasteiger charge is -2.27. The third-order valence-corrected chi connectivity index (χ3v) is 6.62. The average molecular weight is 423 g/mol. The molecule has 0 aromatic heterocycles. The van der Waals surface area contributed by atoms with Crippen LogP contribution in [0.5, 0.6) is 5.75 Å². The zero-order valence-corrected chi connectivity index (χ0v) is 18.1. The lowest BCUT2D eigenvalue weighted by molar-refractivity contribution is -0.113. The van der Waals surface area contributed by atoms with Crippen LogP contribution in [-0.4, -0.2) is 47.4 Å². The average Bonchev–Trinajstić information content (AvgIpc) is 3.14. The van der Waals surface area contributed by atoms with E-state index in [0.717, 1.165) is 46.9 Å². The van der Waals surface area contributed by atoms with Gasteiger partial charge in [0, 0.05) is 13.1 Å². The number of amidine groups is 1. The summed E-state index contributed by atoms with van der Waals surface area (Å²) in [4.78, 5) is 19.4. The van der Waals surface area contributed by atoms with Crippen molar-refractivity contribution in [1.29, 1.82) is 0 Å². The summed E-state index contributed by atoms with van der Waals surface area (Å²) in [6.45, 7) is 7.10. The summed E-state index contributed by atoms with van der Waals surface area (Å²) in [7, 11) is 0. The fourth-order valence-electron chi connectivity index (χ4n) is 3.60. The van der Waals surface area contributed by atoms with Crippen LogP contribution < -0.4 is 0 Å². The molecule has 2 heterocycles. The van der Waals surface area contributed by atoms with Crippen molar-refractivity contribution in [2.24, 2.45) is 4.99 Å². The van der Waals surface area contributed by atoms with Crippen molar-refractivity contribution in [3.63, 3.8) is 0 Å². The molecule has 30 heavy (non-hydrogen) atoms. The number of phenols is 1. The van der Waals surface area contributed by atoms with Gasteiger partial charge in [-0.15, -0.1) is 0 Å². The number of hydrogen-bond donors (Lipinski definition) is 1. The van der Waals surface area contributed by atoms with E-state index in [1.54, 1.807) is 6.07 Å². The van der Waals surface area contributed by atoms with Gasteiger partial charge in [-0.3, -0.25) is 4.79 Å². The van der Waals surface area contributed by atoms with Crippen LogP contribution in [0.1, 0.15) is 37.3 Å². The van der Waals surface area contributed by atoms with Gasteiger partial charge in [-0.25, -0.2) is 0 Å². The third-order valence-electron chi connectivity index (χ3n) is 5.58. The number of carbonyl (C=O) groups excluding carboxylic acids is 1. The Bertz CT molecular complexity index is 1010. The van der Waals surface area contributed by atoms with E-state index in [9.17, 15) is 9.90 Å². The lowest BCUT2D eigenvalue weighted by atomic mass is 9.93. The molecule has 0 saturated carbocycles. The molecule has 1 atom stereocenters. The topological polar surface area (TPSA) is 62.1 Å². The first kappa shape index (κ1) is 20.7. The molecule has 2 aliphatic heterocycles. The standard InChI is InChI=1S/C24H26N2O3S/c1-3-16(2)20-15-19(7-8-21(20)27)18-6-4-5-17(13-18)14-22-23(28)25-24(30-22)26-9-11-29-12-10-26/h4-8,13-16,27H,3,9-12H2,1-2H3/b22-14-. The highest BCUT2D eigenvalue weighted by Gasteiger charge is 2.27. The number of morpholine rings is 1. The van der Waals surface area contributed by atoms with Gasteiger partial charge in [-0.2, -0.15) is 4.99 Å². The summed E-state index contributed by atoms with van der Waals surface area (Å²) in [6.07, 6.45) is 2.87. The molecule has 6 heteroatoms. The van der Waals surface area contributed by atoms with E-state index in [2.05, 4.69) is 35.9 Å². The van der Waals surface area contributed by atoms with Crippen molar-refractivity contribution in [3.8, 4) is 16.9 Å². The first-order chi connectivity index (χ1) is 14.5. The second-order valence-electron chi connectivity index (χ2n) is 7.62. The smallest absolute Gasteiger partial charge is 0.286 e. The van der Waals surface area contributed by atoms with Gasteiger partial charge in [-0.1, -0.05) is 38.1 Å². The quantitative estimate of drug-likeness (QED) is 0.712. The molecule has 0 aliphatic carbocycles. The SMILES string of the molecule is CCC(C)c1cc(-c2cccc(/C=C3\SC(N4CCOCC4)=NC3=O)c2)ccc1O. The first-order valence-electron chi connectivity index (χ1n) is 10.3. The normalized spacial score (nSPS) is 19.3. The maximum atomic E-state index is 12.4. The Kier molecular flexibility index (Phi) is 6.25. The minimum Gasteiger partial charge on any atom is -0.508 e. The Morgan fingerprint density at radius 2 is 1.97 bits per heavy atom. The monoisotopic (exact) mass is 422 g/mol. The maximum absolute atomic E-state index is 12.4. The van der Waals surface area contributed by atoms with E-state index in [1.165, 1.54) is 11.8 Å². The highest BCUT2D eigenvalue weighted by atomic mass is 32.2. The van der Waals surface area contributed by atoms with Crippen molar-refractivity contribution < 1.29 is 14.6 Å². The molecule has 4 rings (SSSR count). The van der Waals surface area contributed by atoms with Crippen molar-refractivity contribution in [3.05, 3.63) is 58.5 Å². The molecule has 0 radical (unpaired) electrons. The van der Waals surface area contributed by atoms with E-state index in [1.807, 2.05) is 30.3 Å². The molecule has 1 N–H and O–H groups in total. The van der Waals surface area contributed by atoms with Gasteiger partial charge in [-0.05, 0) is 70.6 Å². The molecular formula is C24H26N2O3S. The number of amides is 1. The van der Waals surface area contributed by atoms with Crippen molar-refractivity contribution in [1.82, 2.24) is 4.90 Å². The molecule has 2 aromatic carbocycles. The van der Waals surface area contributed by atoms with Gasteiger partial charge in [0.2, 0.25) is 0 Å². The molecule has 2 aromatic rings. The summed E-state index contributed by atoms with van der Waals surface area (Å²) in [5.41, 5.74) is 4.03. The highest BCUT2D eigenvalue weighted by molar-refractivity contribution is 8.18. The third kappa shape index (κ3) is 4.45. The minimum absolute atomic E-state index is 0.185. The number of thioether (sulfide) groups is 1. The van der Waals surface area contributed by atoms with Crippen LogP contribution in [0.25, 0.3) is 17.2 Å². The highest BCUT2D eigenvalue weighted by Crippen LogP contribution is 2.34. The van der Waals surface area contributed by atoms with Crippen molar-refractivity contribution in [2.45, 2.75) is 26.2 Å². The van der Waals surface area contributed by atoms with Crippen molar-refractivity contribution in [2.75, 3.05) is 26.3 Å². The van der Waals surface area contributed by atoms with Crippen LogP contribution in [0, 0.1) is 0 Å². The Hall–Kier alpha value is -2.57. The van der Waals surface area contributed by atoms with Gasteiger partial charge in [0.05, 0.1) is 18.1 Å². The van der Waals surface area contributed by atoms with Crippen LogP contribution in [0.3, 0.4) is 0 Å². The van der Waals surface area contributed by atoms with Crippen LogP contribution in [0.2, 0.25) is 0 Å². The Labute approximate surface area is 181 Å². The number of aliphatic imine (C=N–C) groups is 1. The lowest BCUT2D eigenvalue weighted by Crippen LogP contribution is -2.38. The molecule has 1 amide bonds. The number of hydrogen-bond acceptors (Lipinski definition) is 5. The number of phenolic OH excluding ortho intramolecular Hbond substituents is 1. The zero-order valence-electron chi connectivity index (χ0n) is 17.3. The number of rotatable bonds is 4. The van der Waals surface area contributed by atoms with E-state index in [0.29, 0.717) is 29.8 Å². The fourth-order valence-corrected chi connectivity index (χ4v) is 4.56. The van der Waals surface area contributed by atoms with Crippen LogP contribution in [0.4, 0.5) is 0 Å². The van der Waals surface area contributed by atoms with E-state index in [4.69, 9.17) is 4.74 Å². The van der Waals surface area contributed by atoms with E-state index < -0.39 is 0 Å². The molecule has 156 valence electrons. The van der Waals surface area contributed by atoms with Gasteiger partial charge < -0.3 is 14.7 Å². The van der Waals surface area contributed by atoms with Gasteiger partial charge in [0.15, 0.2) is 5.17 Å². The second-order valence-corrected chi connectivity index (χ2v) is 8.63. The predicted octanol–water partition coefficient (Wildman–Crippen LogP) is 4.88. The zero-order chi connectivity index (χ0) is 21.1. The fraction of sp³-hybridized carbons (Fsp3) is 0.333. The van der Waals surface area contributed by atoms with Crippen molar-refractivity contribution >= 4 is 28.9 Å². The first-order valence-corrected chi connectivity index (χ1v) is 11.2. The van der Waals surface area contributed by atoms with Gasteiger partial charge in [0.1, 0.15) is 5.75 Å². The number of nitrogens with zero attached hydrogens (tertiary/aromatic N) is 2. The Morgan fingerprint density at radius 1 is 1.20 bits per heavy atom. The summed E-state index contributed by atoms with van der Waals surface area (Å²) in [5.74, 6) is 0.446. The number of aromatic hydroxyl groups is 1. The summed E-state index contributed by atoms with van der Waals surface area (Å²) >= 11 is 1.43. The maximum Gasteiger partial charge on any atom is 0.286 e. The van der Waals surface area contributed by atoms with Crippen LogP contribution >= 0.6 is 11.8 Å². The predicted molar refractivity (Wildman–Crippen MR) is 123 cm³/mol. The van der Waals surface area contributed by atoms with Gasteiger partial charge >= 0.3 is 0 Å². The molecular weight excluding hydrogens is 396 g/mol. The number of carbonyl (C=O) groups is 1. The number of ether oxygens (including phenoxy) is 1. The molecule has 2 aliphatic rings. The largest absolute Gasteiger partial charge is 0.508 e. The minimum atomic E-state index is -0.185. The second kappa shape index (κ2) is 9.06. The Balaban J connectivity index is 1.57. The van der Waals surface area contributed by atoms with E-state index >= 15 is 0 Å². The molecule has 1 saturated heterocycles. The molecule has 1 unspecified atom stereocenters. The van der Waals surface area contributed by atoms with Gasteiger partial charge in [0.25, 0.3) is 5.91 Å². The molecule has 0 bridgehead atoms. The Morgan fingerprint density at radius 3 is 2.73 bits per heavy atom. The summed E-state index contributed by atoms with van der Waals surface area (Å²) in [6, 6.07) is 13.9. The number of benzene rings is 2. The molecule has 1 fully saturated rings. The molecule has 0 spiro atoms. The van der Waals surface area contributed by atoms with Crippen LogP contribution in [-0.2, 0) is 9.53 Å².